The molecule has 0 aliphatic carbocycles. The minimum absolute atomic E-state index is 0.0176. The second kappa shape index (κ2) is 18.9. The molecule has 4 heterocycles. The van der Waals surface area contributed by atoms with Crippen molar-refractivity contribution in [2.75, 3.05) is 14.1 Å². The minimum Gasteiger partial charge on any atom is -0.462 e. The number of esters is 2. The molecular formula is C40H71NO7. The van der Waals surface area contributed by atoms with Crippen LogP contribution in [0.4, 0.5) is 0 Å². The van der Waals surface area contributed by atoms with Gasteiger partial charge in [0.15, 0.2) is 0 Å². The van der Waals surface area contributed by atoms with Crippen molar-refractivity contribution in [2.24, 2.45) is 29.6 Å². The first kappa shape index (κ1) is 39.6. The van der Waals surface area contributed by atoms with E-state index in [1.807, 2.05) is 6.92 Å². The number of ether oxygens (including phenoxy) is 5. The Bertz CT molecular complexity index is 991. The quantitative estimate of drug-likeness (QED) is 0.143. The fraction of sp³-hybridized carbons (Fsp3) is 0.950. The van der Waals surface area contributed by atoms with E-state index in [0.717, 1.165) is 57.8 Å². The van der Waals surface area contributed by atoms with Crippen molar-refractivity contribution in [3.05, 3.63) is 0 Å². The van der Waals surface area contributed by atoms with Crippen LogP contribution < -0.4 is 0 Å². The van der Waals surface area contributed by atoms with E-state index in [0.29, 0.717) is 12.5 Å². The highest BCUT2D eigenvalue weighted by molar-refractivity contribution is 5.73. The zero-order chi connectivity index (χ0) is 35.0. The molecule has 14 unspecified atom stereocenters. The molecule has 0 radical (unpaired) electrons. The number of hydrogen-bond acceptors (Lipinski definition) is 8. The van der Waals surface area contributed by atoms with Gasteiger partial charge in [-0.05, 0) is 85.2 Å². The van der Waals surface area contributed by atoms with E-state index in [-0.39, 0.29) is 90.4 Å². The Labute approximate surface area is 293 Å². The summed E-state index contributed by atoms with van der Waals surface area (Å²) in [6.45, 7) is 14.9. The molecule has 4 aliphatic rings. The largest absolute Gasteiger partial charge is 0.462 e. The molecule has 14 atom stereocenters. The van der Waals surface area contributed by atoms with Gasteiger partial charge < -0.3 is 28.6 Å². The van der Waals surface area contributed by atoms with Crippen molar-refractivity contribution in [3.8, 4) is 0 Å². The van der Waals surface area contributed by atoms with Gasteiger partial charge in [-0.2, -0.15) is 0 Å². The Morgan fingerprint density at radius 2 is 1.40 bits per heavy atom. The first-order chi connectivity index (χ1) is 23.0. The molecule has 278 valence electrons. The summed E-state index contributed by atoms with van der Waals surface area (Å²) in [6, 6.07) is 0.512. The van der Waals surface area contributed by atoms with Gasteiger partial charge in [0.1, 0.15) is 12.2 Å². The molecule has 0 aromatic heterocycles. The van der Waals surface area contributed by atoms with Crippen LogP contribution in [0.3, 0.4) is 0 Å². The molecule has 8 heteroatoms. The van der Waals surface area contributed by atoms with E-state index in [2.05, 4.69) is 60.5 Å². The molecular weight excluding hydrogens is 606 g/mol. The lowest BCUT2D eigenvalue weighted by molar-refractivity contribution is -0.177. The number of rotatable bonds is 13. The van der Waals surface area contributed by atoms with E-state index >= 15 is 0 Å². The predicted molar refractivity (Wildman–Crippen MR) is 190 cm³/mol. The lowest BCUT2D eigenvalue weighted by atomic mass is 9.84. The van der Waals surface area contributed by atoms with Crippen molar-refractivity contribution < 1.29 is 33.3 Å². The molecule has 4 rings (SSSR count). The predicted octanol–water partition coefficient (Wildman–Crippen LogP) is 8.13. The van der Waals surface area contributed by atoms with Crippen molar-refractivity contribution in [1.29, 1.82) is 0 Å². The Hall–Kier alpha value is -1.22. The van der Waals surface area contributed by atoms with Crippen LogP contribution in [-0.4, -0.2) is 85.8 Å². The van der Waals surface area contributed by atoms with Crippen molar-refractivity contribution in [2.45, 2.75) is 200 Å². The van der Waals surface area contributed by atoms with Crippen molar-refractivity contribution >= 4 is 11.9 Å². The van der Waals surface area contributed by atoms with Gasteiger partial charge in [0, 0.05) is 23.8 Å². The number of cyclic esters (lactones) is 2. The summed E-state index contributed by atoms with van der Waals surface area (Å²) in [7, 11) is 4.39. The number of carbonyl (C=O) groups excluding carboxylic acids is 2. The molecule has 4 bridgehead atoms. The lowest BCUT2D eigenvalue weighted by Crippen LogP contribution is -2.45. The minimum atomic E-state index is -0.378. The molecule has 0 aromatic rings. The SMILES string of the molecule is CCCCCCC(CC1CCC(C(C)C2OC(=O)C(C)C3CCC(O3)C(C)C(CCC)OC(=O)C(CC)C3CCC(O3)C2C)O1)N(C)C. The Morgan fingerprint density at radius 3 is 2.06 bits per heavy atom. The highest BCUT2D eigenvalue weighted by Gasteiger charge is 2.47. The normalized spacial score (nSPS) is 39.4. The van der Waals surface area contributed by atoms with Gasteiger partial charge in [0.2, 0.25) is 0 Å². The Balaban J connectivity index is 1.51. The summed E-state index contributed by atoms with van der Waals surface area (Å²) in [5.41, 5.74) is 0. The van der Waals surface area contributed by atoms with Crippen molar-refractivity contribution in [1.82, 2.24) is 4.90 Å². The summed E-state index contributed by atoms with van der Waals surface area (Å²) < 4.78 is 32.9. The van der Waals surface area contributed by atoms with Crippen LogP contribution in [0.1, 0.15) is 145 Å². The van der Waals surface area contributed by atoms with Crippen LogP contribution in [-0.2, 0) is 33.3 Å². The fourth-order valence-corrected chi connectivity index (χ4v) is 9.09. The molecule has 0 saturated carbocycles. The van der Waals surface area contributed by atoms with Crippen LogP contribution in [0, 0.1) is 29.6 Å². The molecule has 4 saturated heterocycles. The first-order valence-electron chi connectivity index (χ1n) is 20.0. The number of unbranched alkanes of at least 4 members (excludes halogenated alkanes) is 3. The number of hydrogen-bond donors (Lipinski definition) is 0. The van der Waals surface area contributed by atoms with Gasteiger partial charge in [0.25, 0.3) is 0 Å². The molecule has 0 spiro atoms. The highest BCUT2D eigenvalue weighted by Crippen LogP contribution is 2.40. The Kier molecular flexibility index (Phi) is 15.5. The topological polar surface area (TPSA) is 83.5 Å². The van der Waals surface area contributed by atoms with Gasteiger partial charge in [-0.3, -0.25) is 9.59 Å². The second-order valence-corrected chi connectivity index (χ2v) is 16.2. The molecule has 48 heavy (non-hydrogen) atoms. The van der Waals surface area contributed by atoms with Crippen LogP contribution in [0.2, 0.25) is 0 Å². The maximum atomic E-state index is 13.9. The molecule has 0 aromatic carbocycles. The van der Waals surface area contributed by atoms with Crippen LogP contribution in [0.5, 0.6) is 0 Å². The zero-order valence-corrected chi connectivity index (χ0v) is 32.0. The summed E-state index contributed by atoms with van der Waals surface area (Å²) in [6.07, 6.45) is 14.2. The number of carbonyl (C=O) groups is 2. The van der Waals surface area contributed by atoms with Gasteiger partial charge in [-0.25, -0.2) is 0 Å². The summed E-state index contributed by atoms with van der Waals surface area (Å²) in [4.78, 5) is 30.0. The molecule has 4 fully saturated rings. The van der Waals surface area contributed by atoms with Gasteiger partial charge >= 0.3 is 11.9 Å². The summed E-state index contributed by atoms with van der Waals surface area (Å²) in [5.74, 6) is -0.976. The van der Waals surface area contributed by atoms with E-state index in [1.54, 1.807) is 0 Å². The third-order valence-electron chi connectivity index (χ3n) is 12.6. The number of nitrogens with zero attached hydrogens (tertiary/aromatic N) is 1. The second-order valence-electron chi connectivity index (χ2n) is 16.2. The van der Waals surface area contributed by atoms with Crippen molar-refractivity contribution in [3.63, 3.8) is 0 Å². The molecule has 0 N–H and O–H groups in total. The summed E-state index contributed by atoms with van der Waals surface area (Å²) in [5, 5.41) is 0. The van der Waals surface area contributed by atoms with E-state index in [1.165, 1.54) is 32.1 Å². The molecule has 8 nitrogen and oxygen atoms in total. The summed E-state index contributed by atoms with van der Waals surface area (Å²) >= 11 is 0. The zero-order valence-electron chi connectivity index (χ0n) is 32.0. The standard InChI is InChI=1S/C40H71NO7/c1-10-13-14-15-17-29(41(8)9)24-30-18-19-34(44-30)26(5)38-27(6)35-22-23-37(46-35)31(12-3)40(43)47-32(16-11-2)25(4)33-20-21-36(45-33)28(7)39(42)48-38/h25-38H,10-24H2,1-9H3. The average Bonchev–Trinajstić information content (AvgIpc) is 3.85. The maximum absolute atomic E-state index is 13.9. The van der Waals surface area contributed by atoms with Crippen LogP contribution in [0.15, 0.2) is 0 Å². The van der Waals surface area contributed by atoms with Crippen LogP contribution >= 0.6 is 0 Å². The molecule has 0 amide bonds. The number of fused-ring (bicyclic) bond motifs is 4. The van der Waals surface area contributed by atoms with E-state index < -0.39 is 0 Å². The third-order valence-corrected chi connectivity index (χ3v) is 12.6. The Morgan fingerprint density at radius 1 is 0.729 bits per heavy atom. The van der Waals surface area contributed by atoms with Gasteiger partial charge in [0.05, 0.1) is 48.5 Å². The van der Waals surface area contributed by atoms with Gasteiger partial charge in [-0.15, -0.1) is 0 Å². The van der Waals surface area contributed by atoms with Crippen LogP contribution in [0.25, 0.3) is 0 Å². The molecule has 4 aliphatic heterocycles. The smallest absolute Gasteiger partial charge is 0.311 e. The van der Waals surface area contributed by atoms with E-state index in [4.69, 9.17) is 23.7 Å². The monoisotopic (exact) mass is 678 g/mol. The first-order valence-corrected chi connectivity index (χ1v) is 20.0. The maximum Gasteiger partial charge on any atom is 0.311 e. The van der Waals surface area contributed by atoms with E-state index in [9.17, 15) is 9.59 Å². The lowest BCUT2D eigenvalue weighted by Gasteiger charge is -2.37. The average molecular weight is 678 g/mol. The highest BCUT2D eigenvalue weighted by atomic mass is 16.6. The fourth-order valence-electron chi connectivity index (χ4n) is 9.09. The van der Waals surface area contributed by atoms with Gasteiger partial charge in [-0.1, -0.05) is 73.6 Å². The third kappa shape index (κ3) is 9.97.